The van der Waals surface area contributed by atoms with Gasteiger partial charge in [-0.15, -0.1) is 0 Å². The lowest BCUT2D eigenvalue weighted by Gasteiger charge is -2.32. The molecule has 0 saturated carbocycles. The van der Waals surface area contributed by atoms with Gasteiger partial charge in [0.2, 0.25) is 0 Å². The normalized spacial score (nSPS) is 17.3. The second kappa shape index (κ2) is 7.41. The minimum Gasteiger partial charge on any atom is -0.373 e. The second-order valence-electron chi connectivity index (χ2n) is 5.79. The summed E-state index contributed by atoms with van der Waals surface area (Å²) in [5, 5.41) is 6.02. The maximum absolute atomic E-state index is 12.3. The quantitative estimate of drug-likeness (QED) is 0.871. The standard InChI is InChI=1S/C16H26N4O/c1-12-9-14(10-15(17-3)19-12)16(21)18-11-13(2)20-7-5-4-6-8-20/h9-10,13H,4-8,11H2,1-3H3,(H,17,19)(H,18,21). The summed E-state index contributed by atoms with van der Waals surface area (Å²) in [6.07, 6.45) is 3.87. The molecule has 1 unspecified atom stereocenters. The molecule has 5 nitrogen and oxygen atoms in total. The largest absolute Gasteiger partial charge is 0.373 e. The number of rotatable bonds is 5. The number of carbonyl (C=O) groups excluding carboxylic acids is 1. The van der Waals surface area contributed by atoms with E-state index >= 15 is 0 Å². The predicted molar refractivity (Wildman–Crippen MR) is 85.7 cm³/mol. The van der Waals surface area contributed by atoms with E-state index in [0.717, 1.165) is 24.6 Å². The zero-order valence-corrected chi connectivity index (χ0v) is 13.3. The highest BCUT2D eigenvalue weighted by Gasteiger charge is 2.17. The van der Waals surface area contributed by atoms with Crippen LogP contribution in [0.25, 0.3) is 0 Å². The summed E-state index contributed by atoms with van der Waals surface area (Å²) in [5.41, 5.74) is 1.51. The van der Waals surface area contributed by atoms with Gasteiger partial charge in [-0.05, 0) is 51.9 Å². The number of aromatic nitrogens is 1. The van der Waals surface area contributed by atoms with Gasteiger partial charge in [-0.25, -0.2) is 4.98 Å². The molecule has 0 aromatic carbocycles. The molecule has 0 radical (unpaired) electrons. The first-order valence-electron chi connectivity index (χ1n) is 7.79. The highest BCUT2D eigenvalue weighted by Crippen LogP contribution is 2.12. The molecule has 2 N–H and O–H groups in total. The number of nitrogens with zero attached hydrogens (tertiary/aromatic N) is 2. The summed E-state index contributed by atoms with van der Waals surface area (Å²) in [5.74, 6) is 0.699. The summed E-state index contributed by atoms with van der Waals surface area (Å²) in [7, 11) is 1.81. The van der Waals surface area contributed by atoms with E-state index in [1.165, 1.54) is 19.3 Å². The summed E-state index contributed by atoms with van der Waals surface area (Å²) in [6.45, 7) is 7.07. The van der Waals surface area contributed by atoms with Crippen molar-refractivity contribution < 1.29 is 4.79 Å². The molecule has 1 saturated heterocycles. The van der Waals surface area contributed by atoms with Crippen molar-refractivity contribution in [2.24, 2.45) is 0 Å². The van der Waals surface area contributed by atoms with E-state index in [9.17, 15) is 4.79 Å². The molecule has 0 bridgehead atoms. The van der Waals surface area contributed by atoms with E-state index in [0.29, 0.717) is 18.2 Å². The van der Waals surface area contributed by atoms with Gasteiger partial charge in [0.25, 0.3) is 5.91 Å². The maximum atomic E-state index is 12.3. The Bertz CT molecular complexity index is 483. The number of pyridine rings is 1. The number of carbonyl (C=O) groups is 1. The van der Waals surface area contributed by atoms with Crippen LogP contribution in [-0.4, -0.2) is 48.5 Å². The van der Waals surface area contributed by atoms with Crippen LogP contribution in [0.4, 0.5) is 5.82 Å². The highest BCUT2D eigenvalue weighted by atomic mass is 16.1. The number of piperidine rings is 1. The molecular weight excluding hydrogens is 264 g/mol. The predicted octanol–water partition coefficient (Wildman–Crippen LogP) is 2.04. The summed E-state index contributed by atoms with van der Waals surface area (Å²) in [6, 6.07) is 4.00. The first kappa shape index (κ1) is 15.8. The van der Waals surface area contributed by atoms with E-state index in [1.54, 1.807) is 6.07 Å². The van der Waals surface area contributed by atoms with Crippen LogP contribution in [0.15, 0.2) is 12.1 Å². The highest BCUT2D eigenvalue weighted by molar-refractivity contribution is 5.95. The van der Waals surface area contributed by atoms with Crippen LogP contribution >= 0.6 is 0 Å². The minimum atomic E-state index is -0.0270. The molecule has 2 heterocycles. The third kappa shape index (κ3) is 4.43. The minimum absolute atomic E-state index is 0.0270. The van der Waals surface area contributed by atoms with Crippen molar-refractivity contribution in [3.8, 4) is 0 Å². The fourth-order valence-corrected chi connectivity index (χ4v) is 2.76. The molecule has 1 fully saturated rings. The van der Waals surface area contributed by atoms with Crippen LogP contribution < -0.4 is 10.6 Å². The van der Waals surface area contributed by atoms with Crippen molar-refractivity contribution in [2.75, 3.05) is 32.0 Å². The molecule has 1 aromatic rings. The average Bonchev–Trinajstić information content (AvgIpc) is 2.52. The molecule has 116 valence electrons. The zero-order chi connectivity index (χ0) is 15.2. The third-order valence-electron chi connectivity index (χ3n) is 4.04. The number of amides is 1. The molecule has 1 atom stereocenters. The lowest BCUT2D eigenvalue weighted by atomic mass is 10.1. The number of anilines is 1. The molecule has 2 rings (SSSR count). The maximum Gasteiger partial charge on any atom is 0.251 e. The third-order valence-corrected chi connectivity index (χ3v) is 4.04. The molecule has 1 aliphatic heterocycles. The first-order chi connectivity index (χ1) is 10.1. The van der Waals surface area contributed by atoms with Gasteiger partial charge in [0.1, 0.15) is 5.82 Å². The van der Waals surface area contributed by atoms with Crippen molar-refractivity contribution in [1.82, 2.24) is 15.2 Å². The molecular formula is C16H26N4O. The molecule has 1 aromatic heterocycles. The number of hydrogen-bond donors (Lipinski definition) is 2. The summed E-state index contributed by atoms with van der Waals surface area (Å²) in [4.78, 5) is 19.0. The lowest BCUT2D eigenvalue weighted by molar-refractivity contribution is 0.0930. The van der Waals surface area contributed by atoms with Gasteiger partial charge in [-0.1, -0.05) is 6.42 Å². The van der Waals surface area contributed by atoms with Gasteiger partial charge in [0, 0.05) is 30.9 Å². The van der Waals surface area contributed by atoms with E-state index in [-0.39, 0.29) is 5.91 Å². The molecule has 0 spiro atoms. The van der Waals surface area contributed by atoms with Crippen molar-refractivity contribution in [2.45, 2.75) is 39.2 Å². The Balaban J connectivity index is 1.90. The molecule has 5 heteroatoms. The van der Waals surface area contributed by atoms with Gasteiger partial charge in [-0.3, -0.25) is 9.69 Å². The Kier molecular flexibility index (Phi) is 5.56. The number of hydrogen-bond acceptors (Lipinski definition) is 4. The van der Waals surface area contributed by atoms with Crippen molar-refractivity contribution in [1.29, 1.82) is 0 Å². The zero-order valence-electron chi connectivity index (χ0n) is 13.3. The van der Waals surface area contributed by atoms with Gasteiger partial charge in [0.05, 0.1) is 0 Å². The Hall–Kier alpha value is -1.62. The van der Waals surface area contributed by atoms with Gasteiger partial charge in [-0.2, -0.15) is 0 Å². The number of likely N-dealkylation sites (tertiary alicyclic amines) is 1. The van der Waals surface area contributed by atoms with E-state index in [2.05, 4.69) is 27.4 Å². The fraction of sp³-hybridized carbons (Fsp3) is 0.625. The Morgan fingerprint density at radius 1 is 1.33 bits per heavy atom. The first-order valence-corrected chi connectivity index (χ1v) is 7.79. The van der Waals surface area contributed by atoms with Crippen molar-refractivity contribution in [3.05, 3.63) is 23.4 Å². The van der Waals surface area contributed by atoms with Gasteiger partial charge in [0.15, 0.2) is 0 Å². The number of nitrogens with one attached hydrogen (secondary N) is 2. The van der Waals surface area contributed by atoms with E-state index in [4.69, 9.17) is 0 Å². The van der Waals surface area contributed by atoms with Crippen LogP contribution in [-0.2, 0) is 0 Å². The van der Waals surface area contributed by atoms with Gasteiger partial charge < -0.3 is 10.6 Å². The van der Waals surface area contributed by atoms with Crippen LogP contribution in [0, 0.1) is 6.92 Å². The van der Waals surface area contributed by atoms with E-state index in [1.807, 2.05) is 20.0 Å². The molecule has 0 aliphatic carbocycles. The SMILES string of the molecule is CNc1cc(C(=O)NCC(C)N2CCCCC2)cc(C)n1. The topological polar surface area (TPSA) is 57.3 Å². The Morgan fingerprint density at radius 3 is 2.71 bits per heavy atom. The Labute approximate surface area is 127 Å². The smallest absolute Gasteiger partial charge is 0.251 e. The van der Waals surface area contributed by atoms with Crippen LogP contribution in [0.3, 0.4) is 0 Å². The molecule has 1 aliphatic rings. The second-order valence-corrected chi connectivity index (χ2v) is 5.79. The molecule has 21 heavy (non-hydrogen) atoms. The van der Waals surface area contributed by atoms with E-state index < -0.39 is 0 Å². The van der Waals surface area contributed by atoms with Crippen LogP contribution in [0.2, 0.25) is 0 Å². The van der Waals surface area contributed by atoms with Crippen LogP contribution in [0.5, 0.6) is 0 Å². The average molecular weight is 290 g/mol. The number of aryl methyl sites for hydroxylation is 1. The van der Waals surface area contributed by atoms with Crippen molar-refractivity contribution in [3.63, 3.8) is 0 Å². The summed E-state index contributed by atoms with van der Waals surface area (Å²) >= 11 is 0. The molecule has 1 amide bonds. The fourth-order valence-electron chi connectivity index (χ4n) is 2.76. The van der Waals surface area contributed by atoms with Crippen molar-refractivity contribution >= 4 is 11.7 Å². The van der Waals surface area contributed by atoms with Gasteiger partial charge >= 0.3 is 0 Å². The monoisotopic (exact) mass is 290 g/mol. The Morgan fingerprint density at radius 2 is 2.05 bits per heavy atom. The van der Waals surface area contributed by atoms with Crippen LogP contribution in [0.1, 0.15) is 42.2 Å². The lowest BCUT2D eigenvalue weighted by Crippen LogP contribution is -2.44. The summed E-state index contributed by atoms with van der Waals surface area (Å²) < 4.78 is 0.